The van der Waals surface area contributed by atoms with E-state index in [0.717, 1.165) is 15.7 Å². The van der Waals surface area contributed by atoms with E-state index in [4.69, 9.17) is 11.6 Å². The molecule has 1 aromatic heterocycles. The Morgan fingerprint density at radius 3 is 2.81 bits per heavy atom. The number of halogens is 2. The first-order chi connectivity index (χ1) is 12.6. The highest BCUT2D eigenvalue weighted by atomic mass is 35.5. The van der Waals surface area contributed by atoms with Crippen molar-refractivity contribution in [2.75, 3.05) is 5.32 Å². The molecule has 0 spiro atoms. The number of hydrogen-bond acceptors (Lipinski definition) is 5. The molecule has 0 fully saturated rings. The zero-order valence-electron chi connectivity index (χ0n) is 13.4. The van der Waals surface area contributed by atoms with Crippen molar-refractivity contribution in [2.45, 2.75) is 10.1 Å². The molecular weight excluding hydrogens is 393 g/mol. The van der Waals surface area contributed by atoms with Crippen LogP contribution in [-0.4, -0.2) is 16.1 Å². The van der Waals surface area contributed by atoms with E-state index in [1.165, 1.54) is 47.4 Å². The number of benzene rings is 2. The quantitative estimate of drug-likeness (QED) is 0.344. The Morgan fingerprint density at radius 1 is 1.23 bits per heavy atom. The average Bonchev–Trinajstić information content (AvgIpc) is 3.07. The van der Waals surface area contributed by atoms with Gasteiger partial charge >= 0.3 is 0 Å². The van der Waals surface area contributed by atoms with Crippen LogP contribution < -0.4 is 5.32 Å². The molecule has 26 heavy (non-hydrogen) atoms. The molecule has 3 aromatic rings. The number of rotatable bonds is 6. The molecule has 3 rings (SSSR count). The van der Waals surface area contributed by atoms with Crippen molar-refractivity contribution >= 4 is 51.8 Å². The molecule has 1 N–H and O–H groups in total. The summed E-state index contributed by atoms with van der Waals surface area (Å²) < 4.78 is 13.9. The highest BCUT2D eigenvalue weighted by Gasteiger charge is 2.07. The molecule has 2 aromatic carbocycles. The zero-order chi connectivity index (χ0) is 18.4. The van der Waals surface area contributed by atoms with Crippen LogP contribution in [0.25, 0.3) is 6.08 Å². The van der Waals surface area contributed by atoms with Crippen LogP contribution in [0.4, 0.5) is 9.52 Å². The molecule has 1 heterocycles. The number of anilines is 1. The number of carbonyl (C=O) groups excluding carboxylic acids is 1. The molecular formula is C18H13ClFN3OS2. The normalized spacial score (nSPS) is 11.0. The number of thioether (sulfide) groups is 1. The number of carbonyl (C=O) groups is 1. The van der Waals surface area contributed by atoms with Gasteiger partial charge in [0.2, 0.25) is 11.0 Å². The number of hydrogen-bond donors (Lipinski definition) is 1. The molecule has 0 saturated carbocycles. The van der Waals surface area contributed by atoms with Gasteiger partial charge in [-0.25, -0.2) is 4.39 Å². The maximum absolute atomic E-state index is 13.1. The van der Waals surface area contributed by atoms with E-state index < -0.39 is 0 Å². The van der Waals surface area contributed by atoms with E-state index in [1.807, 2.05) is 24.3 Å². The van der Waals surface area contributed by atoms with Crippen LogP contribution in [0.3, 0.4) is 0 Å². The van der Waals surface area contributed by atoms with Crippen LogP contribution in [-0.2, 0) is 10.5 Å². The fraction of sp³-hybridized carbons (Fsp3) is 0.0556. The summed E-state index contributed by atoms with van der Waals surface area (Å²) in [5.41, 5.74) is 1.73. The zero-order valence-corrected chi connectivity index (χ0v) is 15.7. The predicted molar refractivity (Wildman–Crippen MR) is 105 cm³/mol. The minimum atomic E-state index is -0.348. The monoisotopic (exact) mass is 405 g/mol. The second kappa shape index (κ2) is 8.93. The smallest absolute Gasteiger partial charge is 0.250 e. The molecule has 0 saturated heterocycles. The van der Waals surface area contributed by atoms with Gasteiger partial charge in [0.15, 0.2) is 4.34 Å². The number of nitrogens with one attached hydrogen (secondary N) is 1. The summed E-state index contributed by atoms with van der Waals surface area (Å²) in [6.07, 6.45) is 2.87. The molecule has 0 aliphatic heterocycles. The van der Waals surface area contributed by atoms with Crippen LogP contribution in [0.15, 0.2) is 58.9 Å². The van der Waals surface area contributed by atoms with Crippen molar-refractivity contribution in [3.05, 3.63) is 76.6 Å². The maximum atomic E-state index is 13.1. The highest BCUT2D eigenvalue weighted by Crippen LogP contribution is 2.28. The van der Waals surface area contributed by atoms with Crippen molar-refractivity contribution in [1.82, 2.24) is 10.2 Å². The third kappa shape index (κ3) is 5.66. The lowest BCUT2D eigenvalue weighted by Crippen LogP contribution is -2.07. The fourth-order valence-corrected chi connectivity index (χ4v) is 3.81. The van der Waals surface area contributed by atoms with Crippen molar-refractivity contribution < 1.29 is 9.18 Å². The third-order valence-corrected chi connectivity index (χ3v) is 5.48. The molecule has 8 heteroatoms. The second-order valence-corrected chi connectivity index (χ2v) is 7.80. The van der Waals surface area contributed by atoms with Crippen LogP contribution in [0.2, 0.25) is 5.02 Å². The summed E-state index contributed by atoms with van der Waals surface area (Å²) in [4.78, 5) is 11.9. The lowest BCUT2D eigenvalue weighted by molar-refractivity contribution is -0.111. The molecule has 0 aliphatic rings. The summed E-state index contributed by atoms with van der Waals surface area (Å²) >= 11 is 8.69. The summed E-state index contributed by atoms with van der Waals surface area (Å²) in [5, 5.41) is 11.8. The molecule has 132 valence electrons. The van der Waals surface area contributed by atoms with Gasteiger partial charge in [-0.2, -0.15) is 0 Å². The van der Waals surface area contributed by atoms with E-state index >= 15 is 0 Å². The van der Waals surface area contributed by atoms with Crippen molar-refractivity contribution in [2.24, 2.45) is 0 Å². The number of nitrogens with zero attached hydrogens (tertiary/aromatic N) is 2. The Bertz CT molecular complexity index is 928. The van der Waals surface area contributed by atoms with Gasteiger partial charge in [-0.05, 0) is 41.5 Å². The molecule has 1 amide bonds. The van der Waals surface area contributed by atoms with Gasteiger partial charge in [-0.15, -0.1) is 10.2 Å². The summed E-state index contributed by atoms with van der Waals surface area (Å²) in [6.45, 7) is 0. The summed E-state index contributed by atoms with van der Waals surface area (Å²) in [5.74, 6) is 0.0397. The molecule has 0 unspecified atom stereocenters. The Balaban J connectivity index is 1.52. The Hall–Kier alpha value is -2.22. The SMILES string of the molecule is O=C(/C=C/c1cccc(F)c1)Nc1nnc(SCc2ccc(Cl)cc2)s1. The summed E-state index contributed by atoms with van der Waals surface area (Å²) in [6, 6.07) is 13.6. The van der Waals surface area contributed by atoms with Gasteiger partial charge in [0, 0.05) is 16.9 Å². The standard InChI is InChI=1S/C18H13ClFN3OS2/c19-14-7-4-13(5-8-14)11-25-18-23-22-17(26-18)21-16(24)9-6-12-2-1-3-15(20)10-12/h1-10H,11H2,(H,21,22,24)/b9-6+. The molecule has 0 atom stereocenters. The number of aromatic nitrogens is 2. The van der Waals surface area contributed by atoms with Crippen LogP contribution >= 0.6 is 34.7 Å². The van der Waals surface area contributed by atoms with Crippen molar-refractivity contribution in [3.63, 3.8) is 0 Å². The Labute approximate surface area is 163 Å². The minimum absolute atomic E-state index is 0.348. The first-order valence-electron chi connectivity index (χ1n) is 7.54. The molecule has 0 aliphatic carbocycles. The van der Waals surface area contributed by atoms with E-state index in [9.17, 15) is 9.18 Å². The van der Waals surface area contributed by atoms with E-state index in [-0.39, 0.29) is 11.7 Å². The van der Waals surface area contributed by atoms with Gasteiger partial charge in [0.25, 0.3) is 0 Å². The van der Waals surface area contributed by atoms with E-state index in [2.05, 4.69) is 15.5 Å². The van der Waals surface area contributed by atoms with Crippen molar-refractivity contribution in [1.29, 1.82) is 0 Å². The van der Waals surface area contributed by atoms with E-state index in [1.54, 1.807) is 12.1 Å². The van der Waals surface area contributed by atoms with E-state index in [0.29, 0.717) is 15.7 Å². The van der Waals surface area contributed by atoms with Crippen molar-refractivity contribution in [3.8, 4) is 0 Å². The van der Waals surface area contributed by atoms with Crippen LogP contribution in [0, 0.1) is 5.82 Å². The van der Waals surface area contributed by atoms with Gasteiger partial charge < -0.3 is 0 Å². The largest absolute Gasteiger partial charge is 0.297 e. The third-order valence-electron chi connectivity index (χ3n) is 3.19. The Kier molecular flexibility index (Phi) is 6.38. The van der Waals surface area contributed by atoms with Crippen LogP contribution in [0.1, 0.15) is 11.1 Å². The lowest BCUT2D eigenvalue weighted by atomic mass is 10.2. The van der Waals surface area contributed by atoms with Gasteiger partial charge in [0.1, 0.15) is 5.82 Å². The van der Waals surface area contributed by atoms with Gasteiger partial charge in [0.05, 0.1) is 0 Å². The van der Waals surface area contributed by atoms with Crippen LogP contribution in [0.5, 0.6) is 0 Å². The minimum Gasteiger partial charge on any atom is -0.297 e. The number of amides is 1. The first-order valence-corrected chi connectivity index (χ1v) is 9.72. The second-order valence-electron chi connectivity index (χ2n) is 5.17. The molecule has 0 radical (unpaired) electrons. The topological polar surface area (TPSA) is 54.9 Å². The highest BCUT2D eigenvalue weighted by molar-refractivity contribution is 8.00. The van der Waals surface area contributed by atoms with Gasteiger partial charge in [-0.3, -0.25) is 10.1 Å². The molecule has 0 bridgehead atoms. The Morgan fingerprint density at radius 2 is 2.04 bits per heavy atom. The first kappa shape index (κ1) is 18.6. The maximum Gasteiger partial charge on any atom is 0.250 e. The summed E-state index contributed by atoms with van der Waals surface area (Å²) in [7, 11) is 0. The predicted octanol–water partition coefficient (Wildman–Crippen LogP) is 5.27. The molecule has 4 nitrogen and oxygen atoms in total. The van der Waals surface area contributed by atoms with Gasteiger partial charge in [-0.1, -0.05) is 59.0 Å². The fourth-order valence-electron chi connectivity index (χ4n) is 1.97. The average molecular weight is 406 g/mol. The lowest BCUT2D eigenvalue weighted by Gasteiger charge is -1.98.